The van der Waals surface area contributed by atoms with Gasteiger partial charge in [0.15, 0.2) is 23.2 Å². The molecule has 0 aliphatic rings. The molecule has 0 radical (unpaired) electrons. The summed E-state index contributed by atoms with van der Waals surface area (Å²) in [4.78, 5) is 0. The highest BCUT2D eigenvalue weighted by molar-refractivity contribution is 5.44. The highest BCUT2D eigenvalue weighted by Crippen LogP contribution is 2.17. The van der Waals surface area contributed by atoms with Gasteiger partial charge in [-0.2, -0.15) is 0 Å². The SMILES string of the molecule is COc1ccc(C#Cc2ccc(F)c(F)c2)cc1F. The van der Waals surface area contributed by atoms with Crippen molar-refractivity contribution in [1.82, 2.24) is 0 Å². The summed E-state index contributed by atoms with van der Waals surface area (Å²) in [7, 11) is 1.37. The zero-order valence-corrected chi connectivity index (χ0v) is 10.0. The number of rotatable bonds is 1. The summed E-state index contributed by atoms with van der Waals surface area (Å²) in [6.45, 7) is 0. The zero-order valence-electron chi connectivity index (χ0n) is 10.0. The van der Waals surface area contributed by atoms with E-state index in [1.165, 1.54) is 25.3 Å². The normalized spacial score (nSPS) is 9.68. The molecule has 0 unspecified atom stereocenters. The Morgan fingerprint density at radius 2 is 1.37 bits per heavy atom. The molecule has 96 valence electrons. The number of ether oxygens (including phenoxy) is 1. The second kappa shape index (κ2) is 5.49. The lowest BCUT2D eigenvalue weighted by molar-refractivity contribution is 0.386. The minimum absolute atomic E-state index is 0.123. The summed E-state index contributed by atoms with van der Waals surface area (Å²) in [6, 6.07) is 7.58. The minimum Gasteiger partial charge on any atom is -0.494 e. The van der Waals surface area contributed by atoms with E-state index in [0.29, 0.717) is 11.1 Å². The van der Waals surface area contributed by atoms with Gasteiger partial charge in [0.25, 0.3) is 0 Å². The molecule has 0 aliphatic carbocycles. The molecule has 0 amide bonds. The van der Waals surface area contributed by atoms with Crippen molar-refractivity contribution in [3.8, 4) is 17.6 Å². The van der Waals surface area contributed by atoms with Gasteiger partial charge in [-0.3, -0.25) is 0 Å². The van der Waals surface area contributed by atoms with Crippen molar-refractivity contribution in [3.05, 3.63) is 65.0 Å². The molecule has 0 saturated carbocycles. The van der Waals surface area contributed by atoms with Crippen LogP contribution in [-0.4, -0.2) is 7.11 Å². The predicted octanol–water partition coefficient (Wildman–Crippen LogP) is 3.51. The molecule has 0 aromatic heterocycles. The Kier molecular flexibility index (Phi) is 3.76. The molecule has 0 saturated heterocycles. The third-order valence-corrected chi connectivity index (χ3v) is 2.42. The molecule has 0 atom stereocenters. The summed E-state index contributed by atoms with van der Waals surface area (Å²) < 4.78 is 43.8. The van der Waals surface area contributed by atoms with E-state index in [2.05, 4.69) is 11.8 Å². The van der Waals surface area contributed by atoms with Gasteiger partial charge < -0.3 is 4.74 Å². The second-order valence-electron chi connectivity index (χ2n) is 3.73. The van der Waals surface area contributed by atoms with Crippen LogP contribution in [0, 0.1) is 29.3 Å². The number of methoxy groups -OCH3 is 1. The van der Waals surface area contributed by atoms with Gasteiger partial charge in [0.2, 0.25) is 0 Å². The fourth-order valence-corrected chi connectivity index (χ4v) is 1.46. The first-order valence-corrected chi connectivity index (χ1v) is 5.41. The topological polar surface area (TPSA) is 9.23 Å². The molecule has 4 heteroatoms. The number of benzene rings is 2. The number of hydrogen-bond donors (Lipinski definition) is 0. The summed E-state index contributed by atoms with van der Waals surface area (Å²) in [5.74, 6) is 3.00. The van der Waals surface area contributed by atoms with E-state index in [1.807, 2.05) is 0 Å². The Balaban J connectivity index is 2.28. The van der Waals surface area contributed by atoms with E-state index in [-0.39, 0.29) is 5.75 Å². The first-order valence-electron chi connectivity index (χ1n) is 5.41. The van der Waals surface area contributed by atoms with Gasteiger partial charge >= 0.3 is 0 Å². The summed E-state index contributed by atoms with van der Waals surface area (Å²) in [6.07, 6.45) is 0. The molecular weight excluding hydrogens is 253 g/mol. The van der Waals surface area contributed by atoms with Crippen LogP contribution in [-0.2, 0) is 0 Å². The summed E-state index contributed by atoms with van der Waals surface area (Å²) >= 11 is 0. The van der Waals surface area contributed by atoms with E-state index in [4.69, 9.17) is 4.74 Å². The summed E-state index contributed by atoms with van der Waals surface area (Å²) in [5, 5.41) is 0. The van der Waals surface area contributed by atoms with E-state index in [9.17, 15) is 13.2 Å². The maximum Gasteiger partial charge on any atom is 0.166 e. The van der Waals surface area contributed by atoms with Crippen molar-refractivity contribution in [1.29, 1.82) is 0 Å². The second-order valence-corrected chi connectivity index (χ2v) is 3.73. The fourth-order valence-electron chi connectivity index (χ4n) is 1.46. The first-order chi connectivity index (χ1) is 9.10. The van der Waals surface area contributed by atoms with E-state index in [0.717, 1.165) is 12.1 Å². The highest BCUT2D eigenvalue weighted by Gasteiger charge is 2.02. The van der Waals surface area contributed by atoms with Gasteiger partial charge in [-0.25, -0.2) is 13.2 Å². The van der Waals surface area contributed by atoms with Gasteiger partial charge in [-0.15, -0.1) is 0 Å². The van der Waals surface area contributed by atoms with E-state index in [1.54, 1.807) is 6.07 Å². The fraction of sp³-hybridized carbons (Fsp3) is 0.0667. The Labute approximate surface area is 108 Å². The molecule has 0 spiro atoms. The van der Waals surface area contributed by atoms with Crippen molar-refractivity contribution >= 4 is 0 Å². The Bertz CT molecular complexity index is 669. The Morgan fingerprint density at radius 1 is 0.789 bits per heavy atom. The third kappa shape index (κ3) is 3.08. The largest absolute Gasteiger partial charge is 0.494 e. The van der Waals surface area contributed by atoms with Crippen LogP contribution in [0.2, 0.25) is 0 Å². The molecule has 0 aliphatic heterocycles. The molecule has 2 aromatic carbocycles. The van der Waals surface area contributed by atoms with Crippen molar-refractivity contribution in [3.63, 3.8) is 0 Å². The quantitative estimate of drug-likeness (QED) is 0.714. The lowest BCUT2D eigenvalue weighted by Crippen LogP contribution is -1.88. The van der Waals surface area contributed by atoms with Crippen LogP contribution in [0.3, 0.4) is 0 Å². The van der Waals surface area contributed by atoms with Crippen LogP contribution in [0.1, 0.15) is 11.1 Å². The standard InChI is InChI=1S/C15H9F3O/c1-19-15-7-5-11(9-14(15)18)3-2-10-4-6-12(16)13(17)8-10/h4-9H,1H3. The molecular formula is C15H9F3O. The molecule has 0 heterocycles. The average molecular weight is 262 g/mol. The van der Waals surface area contributed by atoms with Gasteiger partial charge in [-0.05, 0) is 36.4 Å². The molecule has 0 N–H and O–H groups in total. The number of hydrogen-bond acceptors (Lipinski definition) is 1. The van der Waals surface area contributed by atoms with Crippen LogP contribution in [0.5, 0.6) is 5.75 Å². The maximum absolute atomic E-state index is 13.4. The Morgan fingerprint density at radius 3 is 1.89 bits per heavy atom. The van der Waals surface area contributed by atoms with Crippen LogP contribution in [0.25, 0.3) is 0 Å². The molecule has 2 aromatic rings. The van der Waals surface area contributed by atoms with Crippen molar-refractivity contribution in [2.75, 3.05) is 7.11 Å². The van der Waals surface area contributed by atoms with Crippen molar-refractivity contribution in [2.24, 2.45) is 0 Å². The van der Waals surface area contributed by atoms with E-state index < -0.39 is 17.5 Å². The molecule has 0 fully saturated rings. The monoisotopic (exact) mass is 262 g/mol. The minimum atomic E-state index is -0.965. The third-order valence-electron chi connectivity index (χ3n) is 2.42. The summed E-state index contributed by atoms with van der Waals surface area (Å²) in [5.41, 5.74) is 0.734. The van der Waals surface area contributed by atoms with Crippen LogP contribution in [0.4, 0.5) is 13.2 Å². The lowest BCUT2D eigenvalue weighted by Gasteiger charge is -2.00. The first kappa shape index (κ1) is 13.0. The lowest BCUT2D eigenvalue weighted by atomic mass is 10.1. The Hall–Kier alpha value is -2.41. The van der Waals surface area contributed by atoms with Crippen molar-refractivity contribution in [2.45, 2.75) is 0 Å². The molecule has 1 nitrogen and oxygen atoms in total. The maximum atomic E-state index is 13.4. The average Bonchev–Trinajstić information content (AvgIpc) is 2.40. The van der Waals surface area contributed by atoms with Crippen LogP contribution in [0.15, 0.2) is 36.4 Å². The van der Waals surface area contributed by atoms with Gasteiger partial charge in [0.05, 0.1) is 7.11 Å². The smallest absolute Gasteiger partial charge is 0.166 e. The number of halogens is 3. The van der Waals surface area contributed by atoms with Crippen LogP contribution < -0.4 is 4.74 Å². The van der Waals surface area contributed by atoms with Gasteiger partial charge in [-0.1, -0.05) is 11.8 Å². The highest BCUT2D eigenvalue weighted by atomic mass is 19.2. The van der Waals surface area contributed by atoms with Crippen LogP contribution >= 0.6 is 0 Å². The van der Waals surface area contributed by atoms with Crippen molar-refractivity contribution < 1.29 is 17.9 Å². The molecule has 19 heavy (non-hydrogen) atoms. The zero-order chi connectivity index (χ0) is 13.8. The predicted molar refractivity (Wildman–Crippen MR) is 65.3 cm³/mol. The van der Waals surface area contributed by atoms with Gasteiger partial charge in [0, 0.05) is 11.1 Å². The molecule has 2 rings (SSSR count). The van der Waals surface area contributed by atoms with E-state index >= 15 is 0 Å². The molecule has 0 bridgehead atoms. The van der Waals surface area contributed by atoms with Gasteiger partial charge in [0.1, 0.15) is 0 Å².